The molecule has 4 heterocycles. The second-order valence-electron chi connectivity index (χ2n) is 9.00. The van der Waals surface area contributed by atoms with E-state index in [1.54, 1.807) is 45.9 Å². The predicted octanol–water partition coefficient (Wildman–Crippen LogP) is 1.31. The fraction of sp³-hybridized carbons (Fsp3) is 0.200. The van der Waals surface area contributed by atoms with E-state index in [0.29, 0.717) is 46.2 Å². The summed E-state index contributed by atoms with van der Waals surface area (Å²) in [5.41, 5.74) is 8.24. The minimum atomic E-state index is -1.46. The summed E-state index contributed by atoms with van der Waals surface area (Å²) in [6, 6.07) is 11.8. The number of imidazole rings is 1. The summed E-state index contributed by atoms with van der Waals surface area (Å²) in [4.78, 5) is 52.9. The zero-order valence-electron chi connectivity index (χ0n) is 20.0. The van der Waals surface area contributed by atoms with Gasteiger partial charge < -0.3 is 25.3 Å². The van der Waals surface area contributed by atoms with Crippen LogP contribution in [-0.2, 0) is 23.9 Å². The Labute approximate surface area is 210 Å². The Kier molecular flexibility index (Phi) is 4.87. The molecule has 2 aromatic heterocycles. The van der Waals surface area contributed by atoms with Crippen LogP contribution in [0.4, 0.5) is 10.6 Å². The standard InChI is InChI=1S/C25H22N8O4/c1-32-18-19(26)27-12-28-20(18)29-21(32)13-3-6-15(7-4-13)25(23(35)30-24(36)31-25)11-33-10-14-5-8-16(37-2)9-17(14)22(33)34/h3-9,12H,10-11H2,1-2H3,(H2,26,27,28)(H2,30,31,35,36)/t25-/m0/s1. The van der Waals surface area contributed by atoms with Gasteiger partial charge in [-0.1, -0.05) is 30.3 Å². The fourth-order valence-corrected chi connectivity index (χ4v) is 5.01. The Morgan fingerprint density at radius 2 is 1.89 bits per heavy atom. The number of ether oxygens (including phenoxy) is 1. The molecule has 0 aliphatic carbocycles. The average molecular weight is 499 g/mol. The number of methoxy groups -OCH3 is 1. The molecular weight excluding hydrogens is 476 g/mol. The fourth-order valence-electron chi connectivity index (χ4n) is 5.01. The summed E-state index contributed by atoms with van der Waals surface area (Å²) >= 11 is 0. The largest absolute Gasteiger partial charge is 0.497 e. The number of nitrogens with two attached hydrogens (primary N) is 1. The van der Waals surface area contributed by atoms with E-state index >= 15 is 0 Å². The number of urea groups is 1. The molecule has 186 valence electrons. The number of anilines is 1. The lowest BCUT2D eigenvalue weighted by Crippen LogP contribution is -2.52. The van der Waals surface area contributed by atoms with Crippen LogP contribution >= 0.6 is 0 Å². The molecule has 1 saturated heterocycles. The Morgan fingerprint density at radius 3 is 2.57 bits per heavy atom. The average Bonchev–Trinajstić information content (AvgIpc) is 3.50. The molecule has 0 bridgehead atoms. The smallest absolute Gasteiger partial charge is 0.322 e. The van der Waals surface area contributed by atoms with E-state index in [0.717, 1.165) is 11.1 Å². The highest BCUT2D eigenvalue weighted by atomic mass is 16.5. The van der Waals surface area contributed by atoms with Gasteiger partial charge in [-0.15, -0.1) is 0 Å². The molecule has 37 heavy (non-hydrogen) atoms. The van der Waals surface area contributed by atoms with Gasteiger partial charge >= 0.3 is 6.03 Å². The monoisotopic (exact) mass is 498 g/mol. The van der Waals surface area contributed by atoms with Crippen molar-refractivity contribution in [3.63, 3.8) is 0 Å². The van der Waals surface area contributed by atoms with E-state index in [1.807, 2.05) is 13.1 Å². The van der Waals surface area contributed by atoms with Crippen molar-refractivity contribution in [1.82, 2.24) is 35.1 Å². The van der Waals surface area contributed by atoms with Gasteiger partial charge in [0.1, 0.15) is 23.4 Å². The van der Waals surface area contributed by atoms with Crippen molar-refractivity contribution >= 4 is 34.8 Å². The SMILES string of the molecule is COc1ccc2c(c1)C(=O)N(C[C@@]1(c3ccc(-c4nc5ncnc(N)c5n4C)cc3)NC(=O)NC1=O)C2. The summed E-state index contributed by atoms with van der Waals surface area (Å²) in [6.07, 6.45) is 1.36. The molecule has 2 aromatic carbocycles. The lowest BCUT2D eigenvalue weighted by molar-refractivity contribution is -0.124. The second-order valence-corrected chi connectivity index (χ2v) is 9.00. The molecule has 4 aromatic rings. The number of carbonyl (C=O) groups excluding carboxylic acids is 3. The zero-order valence-corrected chi connectivity index (χ0v) is 20.0. The molecule has 12 heteroatoms. The second kappa shape index (κ2) is 8.01. The van der Waals surface area contributed by atoms with E-state index in [1.165, 1.54) is 13.4 Å². The van der Waals surface area contributed by atoms with Gasteiger partial charge in [0.05, 0.1) is 13.7 Å². The first-order valence-electron chi connectivity index (χ1n) is 11.4. The van der Waals surface area contributed by atoms with Gasteiger partial charge in [-0.05, 0) is 23.3 Å². The minimum absolute atomic E-state index is 0.0435. The third kappa shape index (κ3) is 3.37. The van der Waals surface area contributed by atoms with Crippen molar-refractivity contribution in [3.05, 3.63) is 65.5 Å². The van der Waals surface area contributed by atoms with E-state index in [2.05, 4.69) is 25.6 Å². The molecular formula is C25H22N8O4. The highest BCUT2D eigenvalue weighted by Crippen LogP contribution is 2.34. The summed E-state index contributed by atoms with van der Waals surface area (Å²) in [7, 11) is 3.35. The number of rotatable bonds is 5. The summed E-state index contributed by atoms with van der Waals surface area (Å²) < 4.78 is 7.04. The van der Waals surface area contributed by atoms with Gasteiger partial charge in [-0.3, -0.25) is 14.9 Å². The van der Waals surface area contributed by atoms with Gasteiger partial charge in [0.15, 0.2) is 17.0 Å². The maximum Gasteiger partial charge on any atom is 0.322 e. The van der Waals surface area contributed by atoms with Crippen molar-refractivity contribution in [2.45, 2.75) is 12.1 Å². The summed E-state index contributed by atoms with van der Waals surface area (Å²) in [5.74, 6) is 0.735. The van der Waals surface area contributed by atoms with Crippen LogP contribution in [-0.4, -0.2) is 55.9 Å². The van der Waals surface area contributed by atoms with E-state index in [4.69, 9.17) is 10.5 Å². The number of aromatic nitrogens is 4. The van der Waals surface area contributed by atoms with E-state index in [9.17, 15) is 14.4 Å². The third-order valence-electron chi connectivity index (χ3n) is 6.90. The number of nitrogens with zero attached hydrogens (tertiary/aromatic N) is 5. The molecule has 2 aliphatic rings. The van der Waals surface area contributed by atoms with E-state index in [-0.39, 0.29) is 12.5 Å². The normalized spacial score (nSPS) is 18.8. The first-order chi connectivity index (χ1) is 17.8. The van der Waals surface area contributed by atoms with Crippen LogP contribution in [0.15, 0.2) is 48.8 Å². The molecule has 2 aliphatic heterocycles. The quantitative estimate of drug-likeness (QED) is 0.348. The Morgan fingerprint density at radius 1 is 1.11 bits per heavy atom. The van der Waals surface area contributed by atoms with Crippen molar-refractivity contribution in [3.8, 4) is 17.1 Å². The Bertz CT molecular complexity index is 1610. The van der Waals surface area contributed by atoms with Crippen molar-refractivity contribution in [2.24, 2.45) is 7.05 Å². The zero-order chi connectivity index (χ0) is 25.9. The Hall–Kier alpha value is -5.00. The number of fused-ring (bicyclic) bond motifs is 2. The van der Waals surface area contributed by atoms with Gasteiger partial charge in [-0.2, -0.15) is 0 Å². The predicted molar refractivity (Wildman–Crippen MR) is 132 cm³/mol. The summed E-state index contributed by atoms with van der Waals surface area (Å²) in [6.45, 7) is 0.266. The Balaban J connectivity index is 1.35. The van der Waals surface area contributed by atoms with Crippen LogP contribution in [0.1, 0.15) is 21.5 Å². The van der Waals surface area contributed by atoms with Gasteiger partial charge in [0, 0.05) is 24.7 Å². The molecule has 4 N–H and O–H groups in total. The molecule has 0 saturated carbocycles. The van der Waals surface area contributed by atoms with Gasteiger partial charge in [0.25, 0.3) is 11.8 Å². The molecule has 4 amide bonds. The highest BCUT2D eigenvalue weighted by Gasteiger charge is 2.50. The number of amides is 4. The molecule has 0 unspecified atom stereocenters. The highest BCUT2D eigenvalue weighted by molar-refractivity contribution is 6.08. The third-order valence-corrected chi connectivity index (χ3v) is 6.90. The van der Waals surface area contributed by atoms with E-state index < -0.39 is 17.5 Å². The number of carbonyl (C=O) groups is 3. The number of nitrogens with one attached hydrogen (secondary N) is 2. The van der Waals surface area contributed by atoms with Crippen molar-refractivity contribution < 1.29 is 19.1 Å². The van der Waals surface area contributed by atoms with Crippen LogP contribution in [0.5, 0.6) is 5.75 Å². The van der Waals surface area contributed by atoms with Crippen LogP contribution in [0.2, 0.25) is 0 Å². The number of aryl methyl sites for hydroxylation is 1. The maximum atomic E-state index is 13.2. The van der Waals surface area contributed by atoms with Crippen LogP contribution in [0.25, 0.3) is 22.6 Å². The number of imide groups is 1. The van der Waals surface area contributed by atoms with Crippen LogP contribution < -0.4 is 21.1 Å². The first-order valence-corrected chi connectivity index (χ1v) is 11.4. The minimum Gasteiger partial charge on any atom is -0.497 e. The molecule has 1 fully saturated rings. The molecule has 1 atom stereocenters. The summed E-state index contributed by atoms with van der Waals surface area (Å²) in [5, 5.41) is 5.08. The molecule has 0 radical (unpaired) electrons. The van der Waals surface area contributed by atoms with Gasteiger partial charge in [-0.25, -0.2) is 19.7 Å². The van der Waals surface area contributed by atoms with Crippen LogP contribution in [0.3, 0.4) is 0 Å². The van der Waals surface area contributed by atoms with Crippen molar-refractivity contribution in [2.75, 3.05) is 19.4 Å². The van der Waals surface area contributed by atoms with Gasteiger partial charge in [0.2, 0.25) is 0 Å². The number of hydrogen-bond acceptors (Lipinski definition) is 8. The molecule has 0 spiro atoms. The first kappa shape index (κ1) is 22.5. The van der Waals surface area contributed by atoms with Crippen molar-refractivity contribution in [1.29, 1.82) is 0 Å². The topological polar surface area (TPSA) is 157 Å². The lowest BCUT2D eigenvalue weighted by Gasteiger charge is -2.31. The number of hydrogen-bond donors (Lipinski definition) is 3. The maximum absolute atomic E-state index is 13.2. The van der Waals surface area contributed by atoms with Crippen LogP contribution in [0, 0.1) is 0 Å². The molecule has 12 nitrogen and oxygen atoms in total. The molecule has 6 rings (SSSR count). The number of nitrogen functional groups attached to an aromatic ring is 1. The lowest BCUT2D eigenvalue weighted by atomic mass is 9.88. The number of benzene rings is 2.